The van der Waals surface area contributed by atoms with Gasteiger partial charge in [0.25, 0.3) is 0 Å². The minimum atomic E-state index is -0.759. The Balaban J connectivity index is 1.87. The quantitative estimate of drug-likeness (QED) is 0.769. The molecule has 2 heterocycles. The molecular formula is C13H22N2O3. The minimum Gasteiger partial charge on any atom is -0.481 e. The number of hydrogen-bond donors (Lipinski definition) is 2. The second-order valence-electron chi connectivity index (χ2n) is 5.60. The lowest BCUT2D eigenvalue weighted by molar-refractivity contribution is -0.143. The zero-order valence-corrected chi connectivity index (χ0v) is 10.9. The number of piperidine rings is 1. The van der Waals surface area contributed by atoms with Crippen LogP contribution in [0.25, 0.3) is 0 Å². The molecule has 0 aliphatic carbocycles. The number of carboxylic acid groups (broad SMARTS) is 1. The topological polar surface area (TPSA) is 69.6 Å². The summed E-state index contributed by atoms with van der Waals surface area (Å²) in [5.41, 5.74) is 0. The maximum absolute atomic E-state index is 12.3. The first-order valence-electron chi connectivity index (χ1n) is 6.79. The molecule has 0 aromatic heterocycles. The summed E-state index contributed by atoms with van der Waals surface area (Å²) in [4.78, 5) is 24.9. The Labute approximate surface area is 108 Å². The second kappa shape index (κ2) is 5.69. The molecule has 2 atom stereocenters. The number of carbonyl (C=O) groups excluding carboxylic acids is 1. The van der Waals surface area contributed by atoms with Crippen molar-refractivity contribution in [3.63, 3.8) is 0 Å². The number of amides is 1. The van der Waals surface area contributed by atoms with Crippen molar-refractivity contribution in [2.45, 2.75) is 26.2 Å². The summed E-state index contributed by atoms with van der Waals surface area (Å²) in [6, 6.07) is 0. The van der Waals surface area contributed by atoms with Gasteiger partial charge in [0.05, 0.1) is 0 Å². The zero-order chi connectivity index (χ0) is 13.1. The van der Waals surface area contributed by atoms with E-state index in [1.807, 2.05) is 11.8 Å². The highest BCUT2D eigenvalue weighted by atomic mass is 16.4. The van der Waals surface area contributed by atoms with Crippen molar-refractivity contribution in [1.82, 2.24) is 10.2 Å². The summed E-state index contributed by atoms with van der Waals surface area (Å²) in [7, 11) is 0. The van der Waals surface area contributed by atoms with Crippen LogP contribution in [-0.4, -0.2) is 48.1 Å². The van der Waals surface area contributed by atoms with E-state index in [4.69, 9.17) is 5.11 Å². The number of hydrogen-bond acceptors (Lipinski definition) is 3. The van der Waals surface area contributed by atoms with Crippen LogP contribution in [0.5, 0.6) is 0 Å². The Bertz CT molecular complexity index is 328. The van der Waals surface area contributed by atoms with Crippen LogP contribution in [-0.2, 0) is 9.59 Å². The second-order valence-corrected chi connectivity index (χ2v) is 5.60. The third kappa shape index (κ3) is 3.02. The molecule has 5 heteroatoms. The Morgan fingerprint density at radius 3 is 2.72 bits per heavy atom. The number of carbonyl (C=O) groups is 2. The fourth-order valence-corrected chi connectivity index (χ4v) is 2.83. The predicted molar refractivity (Wildman–Crippen MR) is 67.1 cm³/mol. The average Bonchev–Trinajstić information content (AvgIpc) is 2.25. The molecule has 0 aromatic carbocycles. The van der Waals surface area contributed by atoms with Crippen LogP contribution in [0.3, 0.4) is 0 Å². The van der Waals surface area contributed by atoms with Gasteiger partial charge < -0.3 is 15.3 Å². The largest absolute Gasteiger partial charge is 0.481 e. The highest BCUT2D eigenvalue weighted by Gasteiger charge is 2.33. The smallest absolute Gasteiger partial charge is 0.303 e. The van der Waals surface area contributed by atoms with E-state index >= 15 is 0 Å². The van der Waals surface area contributed by atoms with E-state index < -0.39 is 5.97 Å². The van der Waals surface area contributed by atoms with Gasteiger partial charge in [-0.3, -0.25) is 9.59 Å². The fourth-order valence-electron chi connectivity index (χ4n) is 2.83. The van der Waals surface area contributed by atoms with Crippen molar-refractivity contribution in [2.75, 3.05) is 26.2 Å². The predicted octanol–water partition coefficient (Wildman–Crippen LogP) is 0.555. The normalized spacial score (nSPS) is 26.5. The van der Waals surface area contributed by atoms with Gasteiger partial charge in [-0.25, -0.2) is 0 Å². The molecule has 5 nitrogen and oxygen atoms in total. The van der Waals surface area contributed by atoms with Crippen molar-refractivity contribution in [2.24, 2.45) is 17.8 Å². The van der Waals surface area contributed by atoms with Crippen LogP contribution in [0.15, 0.2) is 0 Å². The highest BCUT2D eigenvalue weighted by molar-refractivity contribution is 5.79. The summed E-state index contributed by atoms with van der Waals surface area (Å²) in [6.07, 6.45) is 2.04. The van der Waals surface area contributed by atoms with Crippen LogP contribution in [0.4, 0.5) is 0 Å². The molecule has 0 aromatic rings. The minimum absolute atomic E-state index is 0.0647. The number of carboxylic acids is 1. The van der Waals surface area contributed by atoms with E-state index in [0.29, 0.717) is 12.5 Å². The zero-order valence-electron chi connectivity index (χ0n) is 10.9. The van der Waals surface area contributed by atoms with E-state index in [0.717, 1.165) is 32.5 Å². The molecule has 0 bridgehead atoms. The first kappa shape index (κ1) is 13.3. The maximum atomic E-state index is 12.3. The Kier molecular flexibility index (Phi) is 4.22. The number of nitrogens with zero attached hydrogens (tertiary/aromatic N) is 1. The number of likely N-dealkylation sites (tertiary alicyclic amines) is 1. The molecule has 2 N–H and O–H groups in total. The van der Waals surface area contributed by atoms with Crippen molar-refractivity contribution in [1.29, 1.82) is 0 Å². The van der Waals surface area contributed by atoms with Crippen LogP contribution < -0.4 is 5.32 Å². The summed E-state index contributed by atoms with van der Waals surface area (Å²) < 4.78 is 0. The van der Waals surface area contributed by atoms with Crippen molar-refractivity contribution >= 4 is 11.9 Å². The van der Waals surface area contributed by atoms with E-state index in [2.05, 4.69) is 5.32 Å². The molecule has 0 radical (unpaired) electrons. The SMILES string of the molecule is CC(C(=O)N1CCCC(CC(=O)O)C1)C1CNC1. The molecule has 2 aliphatic heterocycles. The van der Waals surface area contributed by atoms with Gasteiger partial charge in [0.1, 0.15) is 0 Å². The van der Waals surface area contributed by atoms with Gasteiger partial charge in [-0.05, 0) is 37.8 Å². The lowest BCUT2D eigenvalue weighted by Crippen LogP contribution is -2.52. The monoisotopic (exact) mass is 254 g/mol. The molecule has 2 saturated heterocycles. The third-order valence-corrected chi connectivity index (χ3v) is 4.20. The maximum Gasteiger partial charge on any atom is 0.303 e. The molecule has 2 aliphatic rings. The molecule has 18 heavy (non-hydrogen) atoms. The molecule has 2 unspecified atom stereocenters. The molecule has 0 saturated carbocycles. The molecule has 2 rings (SSSR count). The van der Waals surface area contributed by atoms with Gasteiger partial charge in [-0.1, -0.05) is 6.92 Å². The van der Waals surface area contributed by atoms with Crippen molar-refractivity contribution in [3.8, 4) is 0 Å². The molecular weight excluding hydrogens is 232 g/mol. The van der Waals surface area contributed by atoms with Gasteiger partial charge >= 0.3 is 5.97 Å². The Morgan fingerprint density at radius 1 is 1.44 bits per heavy atom. The van der Waals surface area contributed by atoms with Crippen LogP contribution >= 0.6 is 0 Å². The van der Waals surface area contributed by atoms with E-state index in [9.17, 15) is 9.59 Å². The highest BCUT2D eigenvalue weighted by Crippen LogP contribution is 2.24. The molecule has 1 amide bonds. The van der Waals surface area contributed by atoms with Crippen LogP contribution in [0.1, 0.15) is 26.2 Å². The van der Waals surface area contributed by atoms with Gasteiger partial charge in [-0.15, -0.1) is 0 Å². The first-order valence-corrected chi connectivity index (χ1v) is 6.79. The number of aliphatic carboxylic acids is 1. The first-order chi connectivity index (χ1) is 8.58. The van der Waals surface area contributed by atoms with Crippen molar-refractivity contribution in [3.05, 3.63) is 0 Å². The summed E-state index contributed by atoms with van der Waals surface area (Å²) in [5.74, 6) is 0.0984. The molecule has 0 spiro atoms. The molecule has 2 fully saturated rings. The Morgan fingerprint density at radius 2 is 2.17 bits per heavy atom. The van der Waals surface area contributed by atoms with Crippen molar-refractivity contribution < 1.29 is 14.7 Å². The summed E-state index contributed by atoms with van der Waals surface area (Å²) >= 11 is 0. The van der Waals surface area contributed by atoms with E-state index in [1.54, 1.807) is 0 Å². The van der Waals surface area contributed by atoms with E-state index in [1.165, 1.54) is 0 Å². The van der Waals surface area contributed by atoms with Gasteiger partial charge in [0.2, 0.25) is 5.91 Å². The number of rotatable bonds is 4. The van der Waals surface area contributed by atoms with Gasteiger partial charge in [0, 0.05) is 25.4 Å². The van der Waals surface area contributed by atoms with Crippen LogP contribution in [0.2, 0.25) is 0 Å². The Hall–Kier alpha value is -1.10. The lowest BCUT2D eigenvalue weighted by atomic mass is 9.86. The summed E-state index contributed by atoms with van der Waals surface area (Å²) in [6.45, 7) is 5.27. The average molecular weight is 254 g/mol. The van der Waals surface area contributed by atoms with Gasteiger partial charge in [0.15, 0.2) is 0 Å². The standard InChI is InChI=1S/C13H22N2O3/c1-9(11-6-14-7-11)13(18)15-4-2-3-10(8-15)5-12(16)17/h9-11,14H,2-8H2,1H3,(H,16,17). The number of nitrogens with one attached hydrogen (secondary N) is 1. The van der Waals surface area contributed by atoms with Gasteiger partial charge in [-0.2, -0.15) is 0 Å². The fraction of sp³-hybridized carbons (Fsp3) is 0.846. The van der Waals surface area contributed by atoms with E-state index in [-0.39, 0.29) is 24.2 Å². The van der Waals surface area contributed by atoms with Crippen LogP contribution in [0, 0.1) is 17.8 Å². The summed E-state index contributed by atoms with van der Waals surface area (Å²) in [5, 5.41) is 12.0. The third-order valence-electron chi connectivity index (χ3n) is 4.20. The molecule has 102 valence electrons. The lowest BCUT2D eigenvalue weighted by Gasteiger charge is -2.38.